The van der Waals surface area contributed by atoms with E-state index >= 15 is 0 Å². The SMILES string of the molecule is N#CC(=CNc1cc(S(=O)(=O)O)cc2cc(S(=O)(=O)O)cc(O)c12)c1nn[nH]n1. The maximum Gasteiger partial charge on any atom is 0.294 e. The molecule has 5 N–H and O–H groups in total. The molecule has 1 aromatic heterocycles. The van der Waals surface area contributed by atoms with Crippen LogP contribution in [0.4, 0.5) is 5.69 Å². The smallest absolute Gasteiger partial charge is 0.294 e. The Kier molecular flexibility index (Phi) is 4.94. The van der Waals surface area contributed by atoms with Gasteiger partial charge in [0.1, 0.15) is 17.4 Å². The quantitative estimate of drug-likeness (QED) is 0.272. The van der Waals surface area contributed by atoms with Crippen LogP contribution in [0.25, 0.3) is 16.3 Å². The van der Waals surface area contributed by atoms with Crippen molar-refractivity contribution in [3.05, 3.63) is 36.3 Å². The van der Waals surface area contributed by atoms with Gasteiger partial charge in [-0.3, -0.25) is 9.11 Å². The minimum absolute atomic E-state index is 0.0496. The molecule has 0 spiro atoms. The lowest BCUT2D eigenvalue weighted by molar-refractivity contribution is 0.471. The van der Waals surface area contributed by atoms with Crippen LogP contribution in [0.3, 0.4) is 0 Å². The molecule has 0 fully saturated rings. The maximum atomic E-state index is 11.6. The number of phenols is 1. The molecule has 0 saturated heterocycles. The van der Waals surface area contributed by atoms with Crippen molar-refractivity contribution >= 4 is 42.3 Å². The van der Waals surface area contributed by atoms with Crippen LogP contribution in [0.5, 0.6) is 5.75 Å². The number of aromatic amines is 1. The molecule has 0 aliphatic heterocycles. The average Bonchev–Trinajstić information content (AvgIpc) is 3.14. The normalized spacial score (nSPS) is 12.7. The first-order valence-electron chi connectivity index (χ1n) is 7.37. The molecule has 0 amide bonds. The van der Waals surface area contributed by atoms with Crippen LogP contribution in [0.2, 0.25) is 0 Å². The van der Waals surface area contributed by atoms with Crippen molar-refractivity contribution in [2.75, 3.05) is 5.32 Å². The summed E-state index contributed by atoms with van der Waals surface area (Å²) in [6.45, 7) is 0. The second-order valence-corrected chi connectivity index (χ2v) is 8.35. The highest BCUT2D eigenvalue weighted by Crippen LogP contribution is 2.36. The summed E-state index contributed by atoms with van der Waals surface area (Å²) in [5.41, 5.74) is -0.219. The van der Waals surface area contributed by atoms with E-state index in [1.54, 1.807) is 6.07 Å². The number of hydrogen-bond acceptors (Lipinski definition) is 10. The van der Waals surface area contributed by atoms with Crippen LogP contribution in [0.15, 0.2) is 40.3 Å². The Balaban J connectivity index is 2.26. The Hall–Kier alpha value is -3.58. The van der Waals surface area contributed by atoms with Gasteiger partial charge in [-0.05, 0) is 28.8 Å². The predicted molar refractivity (Wildman–Crippen MR) is 96.6 cm³/mol. The van der Waals surface area contributed by atoms with Crippen LogP contribution in [0, 0.1) is 11.3 Å². The van der Waals surface area contributed by atoms with Crippen molar-refractivity contribution < 1.29 is 31.0 Å². The lowest BCUT2D eigenvalue weighted by Crippen LogP contribution is -2.02. The van der Waals surface area contributed by atoms with Gasteiger partial charge in [0.05, 0.1) is 15.5 Å². The van der Waals surface area contributed by atoms with Gasteiger partial charge in [0.15, 0.2) is 0 Å². The van der Waals surface area contributed by atoms with Gasteiger partial charge in [0.2, 0.25) is 5.82 Å². The lowest BCUT2D eigenvalue weighted by Gasteiger charge is -2.12. The molecule has 0 unspecified atom stereocenters. The number of tetrazole rings is 1. The van der Waals surface area contributed by atoms with Crippen molar-refractivity contribution in [2.45, 2.75) is 9.79 Å². The highest BCUT2D eigenvalue weighted by Gasteiger charge is 2.19. The molecule has 0 atom stereocenters. The number of benzene rings is 2. The number of fused-ring (bicyclic) bond motifs is 1. The number of anilines is 1. The lowest BCUT2D eigenvalue weighted by atomic mass is 10.1. The highest BCUT2D eigenvalue weighted by molar-refractivity contribution is 7.86. The number of allylic oxidation sites excluding steroid dienone is 1. The second-order valence-electron chi connectivity index (χ2n) is 5.51. The fourth-order valence-corrected chi connectivity index (χ4v) is 3.50. The number of H-pyrrole nitrogens is 1. The number of hydrogen-bond donors (Lipinski definition) is 5. The van der Waals surface area contributed by atoms with Gasteiger partial charge in [-0.2, -0.15) is 27.3 Å². The summed E-state index contributed by atoms with van der Waals surface area (Å²) in [5, 5.41) is 34.5. The Labute approximate surface area is 162 Å². The van der Waals surface area contributed by atoms with E-state index in [0.29, 0.717) is 0 Å². The summed E-state index contributed by atoms with van der Waals surface area (Å²) in [6, 6.07) is 5.29. The molecule has 29 heavy (non-hydrogen) atoms. The third-order valence-corrected chi connectivity index (χ3v) is 5.31. The first-order valence-corrected chi connectivity index (χ1v) is 10.2. The summed E-state index contributed by atoms with van der Waals surface area (Å²) in [6.07, 6.45) is 1.09. The summed E-state index contributed by atoms with van der Waals surface area (Å²) >= 11 is 0. The molecule has 1 heterocycles. The van der Waals surface area contributed by atoms with Gasteiger partial charge >= 0.3 is 0 Å². The fourth-order valence-electron chi connectivity index (χ4n) is 2.42. The summed E-state index contributed by atoms with van der Waals surface area (Å²) in [7, 11) is -9.44. The van der Waals surface area contributed by atoms with E-state index < -0.39 is 35.8 Å². The third kappa shape index (κ3) is 4.14. The zero-order valence-electron chi connectivity index (χ0n) is 14.0. The third-order valence-electron chi connectivity index (χ3n) is 3.65. The minimum atomic E-state index is -4.72. The number of rotatable bonds is 5. The fraction of sp³-hybridized carbons (Fsp3) is 0. The van der Waals surface area contributed by atoms with E-state index in [1.807, 2.05) is 0 Å². The van der Waals surface area contributed by atoms with Crippen molar-refractivity contribution in [2.24, 2.45) is 0 Å². The monoisotopic (exact) mass is 438 g/mol. The van der Waals surface area contributed by atoms with Gasteiger partial charge in [-0.25, -0.2) is 0 Å². The van der Waals surface area contributed by atoms with Gasteiger partial charge < -0.3 is 10.4 Å². The van der Waals surface area contributed by atoms with Gasteiger partial charge in [-0.15, -0.1) is 10.2 Å². The van der Waals surface area contributed by atoms with Crippen LogP contribution in [0.1, 0.15) is 5.82 Å². The number of aromatic nitrogens is 4. The topological polar surface area (TPSA) is 219 Å². The van der Waals surface area contributed by atoms with Gasteiger partial charge in [-0.1, -0.05) is 0 Å². The first kappa shape index (κ1) is 20.2. The number of aromatic hydroxyl groups is 1. The number of nitrogens with one attached hydrogen (secondary N) is 2. The first-order chi connectivity index (χ1) is 13.5. The van der Waals surface area contributed by atoms with Gasteiger partial charge in [0.25, 0.3) is 20.2 Å². The van der Waals surface area contributed by atoms with Crippen molar-refractivity contribution in [1.29, 1.82) is 5.26 Å². The van der Waals surface area contributed by atoms with Gasteiger partial charge in [0, 0.05) is 17.7 Å². The van der Waals surface area contributed by atoms with E-state index in [0.717, 1.165) is 30.5 Å². The predicted octanol–water partition coefficient (Wildman–Crippen LogP) is 0.528. The molecule has 3 aromatic rings. The summed E-state index contributed by atoms with van der Waals surface area (Å²) in [4.78, 5) is -1.33. The molecule has 13 nitrogen and oxygen atoms in total. The molecule has 0 aliphatic rings. The molecule has 0 aliphatic carbocycles. The largest absolute Gasteiger partial charge is 0.507 e. The Bertz CT molecular complexity index is 1390. The summed E-state index contributed by atoms with van der Waals surface area (Å²) in [5.74, 6) is -0.695. The van der Waals surface area contributed by atoms with Crippen LogP contribution in [-0.4, -0.2) is 51.7 Å². The maximum absolute atomic E-state index is 11.6. The Morgan fingerprint density at radius 1 is 1.10 bits per heavy atom. The number of phenolic OH excluding ortho intramolecular Hbond substituents is 1. The molecule has 0 radical (unpaired) electrons. The highest BCUT2D eigenvalue weighted by atomic mass is 32.2. The van der Waals surface area contributed by atoms with Crippen LogP contribution >= 0.6 is 0 Å². The van der Waals surface area contributed by atoms with Crippen LogP contribution in [-0.2, 0) is 20.2 Å². The summed E-state index contributed by atoms with van der Waals surface area (Å²) < 4.78 is 64.4. The Morgan fingerprint density at radius 3 is 2.24 bits per heavy atom. The van der Waals surface area contributed by atoms with E-state index in [-0.39, 0.29) is 27.9 Å². The molecule has 150 valence electrons. The van der Waals surface area contributed by atoms with Crippen molar-refractivity contribution in [1.82, 2.24) is 20.6 Å². The molecule has 3 rings (SSSR count). The second kappa shape index (κ2) is 7.10. The molecular formula is C14H10N6O7S2. The number of nitrogens with zero attached hydrogens (tertiary/aromatic N) is 4. The minimum Gasteiger partial charge on any atom is -0.507 e. The van der Waals surface area contributed by atoms with E-state index in [4.69, 9.17) is 0 Å². The van der Waals surface area contributed by atoms with E-state index in [2.05, 4.69) is 25.9 Å². The van der Waals surface area contributed by atoms with Crippen molar-refractivity contribution in [3.63, 3.8) is 0 Å². The molecule has 2 aromatic carbocycles. The molecule has 0 saturated carbocycles. The van der Waals surface area contributed by atoms with Crippen molar-refractivity contribution in [3.8, 4) is 11.8 Å². The molecule has 0 bridgehead atoms. The zero-order chi connectivity index (χ0) is 21.4. The zero-order valence-corrected chi connectivity index (χ0v) is 15.6. The van der Waals surface area contributed by atoms with Crippen LogP contribution < -0.4 is 5.32 Å². The van der Waals surface area contributed by atoms with E-state index in [9.17, 15) is 36.3 Å². The average molecular weight is 438 g/mol. The van der Waals surface area contributed by atoms with E-state index in [1.165, 1.54) is 0 Å². The standard InChI is InChI=1S/C14H10N6O7S2/c15-5-8(14-17-19-20-18-14)6-16-11-3-9(28(22,23)24)1-7-2-10(29(25,26)27)4-12(21)13(7)11/h1-4,6,16,21H,(H,22,23,24)(H,25,26,27)(H,17,18,19,20). The number of nitriles is 1. The molecular weight excluding hydrogens is 428 g/mol. The molecule has 15 heteroatoms. The Morgan fingerprint density at radius 2 is 1.72 bits per heavy atom.